The van der Waals surface area contributed by atoms with Crippen LogP contribution in [0, 0.1) is 5.92 Å². The van der Waals surface area contributed by atoms with Gasteiger partial charge in [0.2, 0.25) is 10.0 Å². The predicted octanol–water partition coefficient (Wildman–Crippen LogP) is 2.40. The molecule has 126 valence electrons. The molecule has 23 heavy (non-hydrogen) atoms. The summed E-state index contributed by atoms with van der Waals surface area (Å²) in [6.07, 6.45) is 5.44. The zero-order chi connectivity index (χ0) is 16.4. The number of hydrogen-bond donors (Lipinski definition) is 3. The smallest absolute Gasteiger partial charge is 0.211 e. The molecule has 1 aliphatic rings. The molecule has 2 aromatic heterocycles. The lowest BCUT2D eigenvalue weighted by Gasteiger charge is -2.30. The van der Waals surface area contributed by atoms with Gasteiger partial charge in [-0.25, -0.2) is 13.1 Å². The van der Waals surface area contributed by atoms with Crippen LogP contribution in [-0.2, 0) is 10.0 Å². The quantitative estimate of drug-likeness (QED) is 0.766. The summed E-state index contributed by atoms with van der Waals surface area (Å²) in [4.78, 5) is 4.33. The standard InChI is InChI=1S/C15H22N4O2S2/c1-17-23(20,21)9-10-2-4-11(5-3-10)19-14-12(16)8-18-13-6-7-22-15(13)14/h6-8,10-11,17H,2-5,9,16H2,1H3,(H,18,19). The predicted molar refractivity (Wildman–Crippen MR) is 96.2 cm³/mol. The Bertz CT molecular complexity index is 780. The Morgan fingerprint density at radius 2 is 2.09 bits per heavy atom. The first kappa shape index (κ1) is 16.5. The first-order valence-corrected chi connectivity index (χ1v) is 10.3. The fraction of sp³-hybridized carbons (Fsp3) is 0.533. The largest absolute Gasteiger partial charge is 0.396 e. The van der Waals surface area contributed by atoms with Crippen molar-refractivity contribution in [3.63, 3.8) is 0 Å². The average Bonchev–Trinajstić information content (AvgIpc) is 3.00. The van der Waals surface area contributed by atoms with Crippen molar-refractivity contribution in [2.24, 2.45) is 5.92 Å². The van der Waals surface area contributed by atoms with E-state index in [1.165, 1.54) is 7.05 Å². The highest BCUT2D eigenvalue weighted by molar-refractivity contribution is 7.89. The molecule has 0 unspecified atom stereocenters. The van der Waals surface area contributed by atoms with E-state index < -0.39 is 10.0 Å². The normalized spacial score (nSPS) is 22.3. The Labute approximate surface area is 140 Å². The van der Waals surface area contributed by atoms with E-state index in [1.54, 1.807) is 17.5 Å². The highest BCUT2D eigenvalue weighted by Gasteiger charge is 2.25. The molecule has 0 saturated heterocycles. The van der Waals surface area contributed by atoms with Crippen LogP contribution in [0.3, 0.4) is 0 Å². The Morgan fingerprint density at radius 3 is 2.78 bits per heavy atom. The third-order valence-electron chi connectivity index (χ3n) is 4.46. The number of hydrogen-bond acceptors (Lipinski definition) is 6. The van der Waals surface area contributed by atoms with Crippen molar-refractivity contribution < 1.29 is 8.42 Å². The number of aromatic nitrogens is 1. The van der Waals surface area contributed by atoms with Gasteiger partial charge in [-0.3, -0.25) is 4.98 Å². The van der Waals surface area contributed by atoms with Gasteiger partial charge in [-0.1, -0.05) is 0 Å². The average molecular weight is 355 g/mol. The number of nitrogen functional groups attached to an aromatic ring is 1. The minimum absolute atomic E-state index is 0.225. The number of thiophene rings is 1. The summed E-state index contributed by atoms with van der Waals surface area (Å²) < 4.78 is 26.8. The van der Waals surface area contributed by atoms with E-state index in [1.807, 2.05) is 11.4 Å². The van der Waals surface area contributed by atoms with Gasteiger partial charge in [-0.2, -0.15) is 0 Å². The molecule has 1 fully saturated rings. The molecule has 1 aliphatic carbocycles. The van der Waals surface area contributed by atoms with Crippen molar-refractivity contribution >= 4 is 43.0 Å². The second-order valence-corrected chi connectivity index (χ2v) is 8.96. The van der Waals surface area contributed by atoms with E-state index in [0.29, 0.717) is 11.7 Å². The van der Waals surface area contributed by atoms with Crippen molar-refractivity contribution in [3.05, 3.63) is 17.6 Å². The number of anilines is 2. The monoisotopic (exact) mass is 354 g/mol. The molecule has 2 heterocycles. The van der Waals surface area contributed by atoms with E-state index in [4.69, 9.17) is 5.73 Å². The number of nitrogens with one attached hydrogen (secondary N) is 2. The SMILES string of the molecule is CNS(=O)(=O)CC1CCC(Nc2c(N)cnc3ccsc23)CC1. The number of rotatable bonds is 5. The lowest BCUT2D eigenvalue weighted by molar-refractivity contribution is 0.361. The van der Waals surface area contributed by atoms with E-state index in [0.717, 1.165) is 41.6 Å². The molecule has 2 aromatic rings. The number of nitrogens with two attached hydrogens (primary N) is 1. The van der Waals surface area contributed by atoms with Crippen LogP contribution in [0.25, 0.3) is 10.2 Å². The van der Waals surface area contributed by atoms with Gasteiger partial charge in [0.15, 0.2) is 0 Å². The van der Waals surface area contributed by atoms with Crippen molar-refractivity contribution in [2.45, 2.75) is 31.7 Å². The third kappa shape index (κ3) is 3.76. The fourth-order valence-electron chi connectivity index (χ4n) is 3.15. The van der Waals surface area contributed by atoms with Crippen molar-refractivity contribution in [3.8, 4) is 0 Å². The zero-order valence-corrected chi connectivity index (χ0v) is 14.7. The topological polar surface area (TPSA) is 97.1 Å². The van der Waals surface area contributed by atoms with Gasteiger partial charge < -0.3 is 11.1 Å². The molecule has 0 aromatic carbocycles. The van der Waals surface area contributed by atoms with Gasteiger partial charge in [0.05, 0.1) is 33.5 Å². The summed E-state index contributed by atoms with van der Waals surface area (Å²) in [5, 5.41) is 5.57. The highest BCUT2D eigenvalue weighted by atomic mass is 32.2. The Kier molecular flexibility index (Phi) is 4.74. The summed E-state index contributed by atoms with van der Waals surface area (Å²) in [6, 6.07) is 2.32. The molecule has 0 atom stereocenters. The molecule has 3 rings (SSSR count). The van der Waals surface area contributed by atoms with Crippen LogP contribution >= 0.6 is 11.3 Å². The summed E-state index contributed by atoms with van der Waals surface area (Å²) in [7, 11) is -1.65. The molecule has 0 amide bonds. The molecule has 8 heteroatoms. The molecular weight excluding hydrogens is 332 g/mol. The fourth-order valence-corrected chi connectivity index (χ4v) is 5.14. The number of nitrogens with zero attached hydrogens (tertiary/aromatic N) is 1. The maximum absolute atomic E-state index is 11.7. The summed E-state index contributed by atoms with van der Waals surface area (Å²) >= 11 is 1.64. The van der Waals surface area contributed by atoms with Crippen LogP contribution in [0.1, 0.15) is 25.7 Å². The summed E-state index contributed by atoms with van der Waals surface area (Å²) in [5.74, 6) is 0.463. The van der Waals surface area contributed by atoms with Crippen molar-refractivity contribution in [2.75, 3.05) is 23.9 Å². The highest BCUT2D eigenvalue weighted by Crippen LogP contribution is 2.35. The Hall–Kier alpha value is -1.38. The molecule has 0 spiro atoms. The minimum atomic E-state index is -3.12. The van der Waals surface area contributed by atoms with Crippen LogP contribution in [-0.4, -0.2) is 32.2 Å². The number of pyridine rings is 1. The van der Waals surface area contributed by atoms with Gasteiger partial charge in [0.25, 0.3) is 0 Å². The molecule has 6 nitrogen and oxygen atoms in total. The van der Waals surface area contributed by atoms with E-state index in [2.05, 4.69) is 15.0 Å². The van der Waals surface area contributed by atoms with Crippen LogP contribution in [0.5, 0.6) is 0 Å². The van der Waals surface area contributed by atoms with Gasteiger partial charge >= 0.3 is 0 Å². The van der Waals surface area contributed by atoms with Crippen LogP contribution in [0.2, 0.25) is 0 Å². The van der Waals surface area contributed by atoms with Gasteiger partial charge in [0, 0.05) is 6.04 Å². The van der Waals surface area contributed by atoms with Crippen LogP contribution in [0.4, 0.5) is 11.4 Å². The molecule has 0 aliphatic heterocycles. The zero-order valence-electron chi connectivity index (χ0n) is 13.1. The third-order valence-corrected chi connectivity index (χ3v) is 6.92. The van der Waals surface area contributed by atoms with Gasteiger partial charge in [0.1, 0.15) is 0 Å². The first-order valence-electron chi connectivity index (χ1n) is 7.78. The second-order valence-electron chi connectivity index (χ2n) is 6.07. The van der Waals surface area contributed by atoms with Crippen molar-refractivity contribution in [1.29, 1.82) is 0 Å². The van der Waals surface area contributed by atoms with Gasteiger partial charge in [-0.05, 0) is 50.1 Å². The number of sulfonamides is 1. The Balaban J connectivity index is 1.64. The maximum atomic E-state index is 11.7. The van der Waals surface area contributed by atoms with Crippen LogP contribution < -0.4 is 15.8 Å². The number of fused-ring (bicyclic) bond motifs is 1. The minimum Gasteiger partial charge on any atom is -0.396 e. The molecular formula is C15H22N4O2S2. The lowest BCUT2D eigenvalue weighted by atomic mass is 9.87. The lowest BCUT2D eigenvalue weighted by Crippen LogP contribution is -2.32. The second kappa shape index (κ2) is 6.62. The van der Waals surface area contributed by atoms with Gasteiger partial charge in [-0.15, -0.1) is 11.3 Å². The summed E-state index contributed by atoms with van der Waals surface area (Å²) in [5.41, 5.74) is 8.68. The molecule has 4 N–H and O–H groups in total. The molecule has 1 saturated carbocycles. The maximum Gasteiger partial charge on any atom is 0.211 e. The van der Waals surface area contributed by atoms with Crippen molar-refractivity contribution in [1.82, 2.24) is 9.71 Å². The van der Waals surface area contributed by atoms with E-state index >= 15 is 0 Å². The Morgan fingerprint density at radius 1 is 1.35 bits per heavy atom. The molecule has 0 bridgehead atoms. The van der Waals surface area contributed by atoms with E-state index in [9.17, 15) is 8.42 Å². The first-order chi connectivity index (χ1) is 11.0. The molecule has 0 radical (unpaired) electrons. The summed E-state index contributed by atoms with van der Waals surface area (Å²) in [6.45, 7) is 0. The van der Waals surface area contributed by atoms with Crippen LogP contribution in [0.15, 0.2) is 17.6 Å². The van der Waals surface area contributed by atoms with E-state index in [-0.39, 0.29) is 11.7 Å².